The Hall–Kier alpha value is -4.91. The van der Waals surface area contributed by atoms with Gasteiger partial charge >= 0.3 is 17.9 Å². The van der Waals surface area contributed by atoms with E-state index in [1.807, 2.05) is 30.3 Å². The molecule has 7 heteroatoms. The summed E-state index contributed by atoms with van der Waals surface area (Å²) in [5, 5.41) is 3.47. The fraction of sp³-hybridized carbons (Fsp3) is 0.129. The van der Waals surface area contributed by atoms with Gasteiger partial charge in [0.2, 0.25) is 6.79 Å². The zero-order valence-electron chi connectivity index (χ0n) is 21.1. The van der Waals surface area contributed by atoms with E-state index < -0.39 is 17.9 Å². The van der Waals surface area contributed by atoms with Crippen LogP contribution in [0, 0.1) is 0 Å². The molecule has 7 nitrogen and oxygen atoms in total. The second-order valence-electron chi connectivity index (χ2n) is 8.79. The highest BCUT2D eigenvalue weighted by molar-refractivity contribution is 5.97. The molecule has 0 aliphatic rings. The number of carbonyl (C=O) groups is 3. The zero-order chi connectivity index (χ0) is 27.2. The predicted octanol–water partition coefficient (Wildman–Crippen LogP) is 6.29. The fourth-order valence-corrected chi connectivity index (χ4v) is 3.58. The van der Waals surface area contributed by atoms with E-state index in [-0.39, 0.29) is 13.4 Å². The van der Waals surface area contributed by atoms with Crippen molar-refractivity contribution in [2.75, 3.05) is 6.79 Å². The molecule has 192 valence electrons. The number of fused-ring (bicyclic) bond motifs is 2. The summed E-state index contributed by atoms with van der Waals surface area (Å²) in [6.07, 6.45) is 0. The molecule has 0 atom stereocenters. The minimum Gasteiger partial charge on any atom is -0.457 e. The Labute approximate surface area is 219 Å². The van der Waals surface area contributed by atoms with Gasteiger partial charge in [0.25, 0.3) is 0 Å². The Morgan fingerprint density at radius 2 is 1.21 bits per heavy atom. The van der Waals surface area contributed by atoms with E-state index in [0.717, 1.165) is 27.1 Å². The Morgan fingerprint density at radius 3 is 1.92 bits per heavy atom. The number of rotatable bonds is 9. The van der Waals surface area contributed by atoms with Crippen LogP contribution in [0.25, 0.3) is 21.5 Å². The van der Waals surface area contributed by atoms with Gasteiger partial charge in [0, 0.05) is 11.1 Å². The van der Waals surface area contributed by atoms with Crippen molar-refractivity contribution in [3.8, 4) is 11.5 Å². The third-order valence-corrected chi connectivity index (χ3v) is 5.62. The van der Waals surface area contributed by atoms with Crippen LogP contribution in [0.3, 0.4) is 0 Å². The molecule has 4 aromatic rings. The number of ether oxygens (including phenoxy) is 4. The number of hydrogen-bond acceptors (Lipinski definition) is 7. The molecule has 0 bridgehead atoms. The van der Waals surface area contributed by atoms with Crippen molar-refractivity contribution in [3.63, 3.8) is 0 Å². The van der Waals surface area contributed by atoms with Crippen LogP contribution in [0.1, 0.15) is 29.8 Å². The van der Waals surface area contributed by atoms with Crippen LogP contribution in [-0.4, -0.2) is 24.7 Å². The summed E-state index contributed by atoms with van der Waals surface area (Å²) in [6, 6.07) is 21.5. The number of carbonyl (C=O) groups excluding carboxylic acids is 3. The standard InChI is InChI=1S/C31H26O7/c1-19(2)29(32)35-17-21-5-6-24-16-28(12-10-22(24)13-21)38-31(34)26-8-7-25-15-27(11-9-23(25)14-26)36-18-37-30(33)20(3)4/h5-16H,1,3,17-18H2,2,4H3. The van der Waals surface area contributed by atoms with E-state index in [1.54, 1.807) is 56.3 Å². The van der Waals surface area contributed by atoms with E-state index >= 15 is 0 Å². The summed E-state index contributed by atoms with van der Waals surface area (Å²) in [6.45, 7) is 10.2. The van der Waals surface area contributed by atoms with Gasteiger partial charge in [-0.3, -0.25) is 0 Å². The monoisotopic (exact) mass is 510 g/mol. The van der Waals surface area contributed by atoms with Gasteiger partial charge in [0.05, 0.1) is 5.56 Å². The summed E-state index contributed by atoms with van der Waals surface area (Å²) in [7, 11) is 0. The molecule has 0 fully saturated rings. The van der Waals surface area contributed by atoms with Gasteiger partial charge < -0.3 is 18.9 Å². The van der Waals surface area contributed by atoms with Crippen molar-refractivity contribution in [1.29, 1.82) is 0 Å². The Bertz CT molecular complexity index is 1580. The first-order valence-electron chi connectivity index (χ1n) is 11.8. The molecule has 0 amide bonds. The third-order valence-electron chi connectivity index (χ3n) is 5.62. The van der Waals surface area contributed by atoms with Crippen molar-refractivity contribution >= 4 is 39.5 Å². The molecular formula is C31H26O7. The maximum Gasteiger partial charge on any atom is 0.343 e. The average molecular weight is 511 g/mol. The molecule has 38 heavy (non-hydrogen) atoms. The summed E-state index contributed by atoms with van der Waals surface area (Å²) in [4.78, 5) is 35.9. The van der Waals surface area contributed by atoms with E-state index in [1.165, 1.54) is 0 Å². The van der Waals surface area contributed by atoms with E-state index in [9.17, 15) is 14.4 Å². The predicted molar refractivity (Wildman–Crippen MR) is 144 cm³/mol. The van der Waals surface area contributed by atoms with Crippen LogP contribution in [0.5, 0.6) is 11.5 Å². The quantitative estimate of drug-likeness (QED) is 0.113. The van der Waals surface area contributed by atoms with Gasteiger partial charge in [-0.2, -0.15) is 0 Å². The molecule has 0 heterocycles. The molecule has 0 spiro atoms. The minimum absolute atomic E-state index is 0.149. The molecule has 0 aliphatic heterocycles. The van der Waals surface area contributed by atoms with Crippen LogP contribution in [0.4, 0.5) is 0 Å². The van der Waals surface area contributed by atoms with Crippen molar-refractivity contribution in [3.05, 3.63) is 108 Å². The summed E-state index contributed by atoms with van der Waals surface area (Å²) < 4.78 is 21.2. The molecule has 0 saturated heterocycles. The third kappa shape index (κ3) is 6.44. The Morgan fingerprint density at radius 1 is 0.658 bits per heavy atom. The van der Waals surface area contributed by atoms with Crippen LogP contribution < -0.4 is 9.47 Å². The molecule has 0 radical (unpaired) electrons. The van der Waals surface area contributed by atoms with Gasteiger partial charge in [0.15, 0.2) is 0 Å². The van der Waals surface area contributed by atoms with Crippen LogP contribution in [-0.2, 0) is 25.7 Å². The van der Waals surface area contributed by atoms with E-state index in [2.05, 4.69) is 13.2 Å². The number of hydrogen-bond donors (Lipinski definition) is 0. The van der Waals surface area contributed by atoms with Crippen LogP contribution >= 0.6 is 0 Å². The van der Waals surface area contributed by atoms with Crippen LogP contribution in [0.15, 0.2) is 97.1 Å². The Balaban J connectivity index is 1.41. The van der Waals surface area contributed by atoms with Gasteiger partial charge in [0.1, 0.15) is 18.1 Å². The SMILES string of the molecule is C=C(C)C(=O)OCOc1ccc2cc(C(=O)Oc3ccc4cc(COC(=O)C(=C)C)ccc4c3)ccc2c1. The molecule has 0 saturated carbocycles. The second-order valence-corrected chi connectivity index (χ2v) is 8.79. The summed E-state index contributed by atoms with van der Waals surface area (Å²) in [5.41, 5.74) is 1.88. The van der Waals surface area contributed by atoms with Crippen molar-refractivity contribution in [1.82, 2.24) is 0 Å². The highest BCUT2D eigenvalue weighted by atomic mass is 16.7. The first kappa shape index (κ1) is 26.2. The second kappa shape index (κ2) is 11.4. The summed E-state index contributed by atoms with van der Waals surface area (Å²) in [5.74, 6) is -0.502. The van der Waals surface area contributed by atoms with Gasteiger partial charge in [-0.1, -0.05) is 43.5 Å². The van der Waals surface area contributed by atoms with E-state index in [0.29, 0.717) is 28.2 Å². The smallest absolute Gasteiger partial charge is 0.343 e. The average Bonchev–Trinajstić information content (AvgIpc) is 2.91. The molecular weight excluding hydrogens is 484 g/mol. The topological polar surface area (TPSA) is 88.1 Å². The summed E-state index contributed by atoms with van der Waals surface area (Å²) >= 11 is 0. The maximum absolute atomic E-state index is 12.8. The van der Waals surface area contributed by atoms with Crippen molar-refractivity contribution in [2.24, 2.45) is 0 Å². The highest BCUT2D eigenvalue weighted by Gasteiger charge is 2.11. The Kier molecular flexibility index (Phi) is 7.87. The molecule has 0 aromatic heterocycles. The largest absolute Gasteiger partial charge is 0.457 e. The normalized spacial score (nSPS) is 10.6. The molecule has 0 unspecified atom stereocenters. The maximum atomic E-state index is 12.8. The van der Waals surface area contributed by atoms with Crippen molar-refractivity contribution < 1.29 is 33.3 Å². The van der Waals surface area contributed by atoms with Gasteiger partial charge in [-0.15, -0.1) is 0 Å². The molecule has 4 rings (SSSR count). The number of esters is 3. The number of benzene rings is 4. The van der Waals surface area contributed by atoms with Crippen LogP contribution in [0.2, 0.25) is 0 Å². The fourth-order valence-electron chi connectivity index (χ4n) is 3.58. The first-order valence-corrected chi connectivity index (χ1v) is 11.8. The highest BCUT2D eigenvalue weighted by Crippen LogP contribution is 2.25. The molecule has 0 aliphatic carbocycles. The lowest BCUT2D eigenvalue weighted by atomic mass is 10.1. The van der Waals surface area contributed by atoms with Gasteiger partial charge in [-0.25, -0.2) is 14.4 Å². The zero-order valence-corrected chi connectivity index (χ0v) is 21.1. The minimum atomic E-state index is -0.522. The lowest BCUT2D eigenvalue weighted by Gasteiger charge is -2.10. The lowest BCUT2D eigenvalue weighted by Crippen LogP contribution is -2.10. The van der Waals surface area contributed by atoms with Crippen molar-refractivity contribution in [2.45, 2.75) is 20.5 Å². The first-order chi connectivity index (χ1) is 18.2. The van der Waals surface area contributed by atoms with Gasteiger partial charge in [-0.05, 0) is 83.4 Å². The molecule has 4 aromatic carbocycles. The lowest BCUT2D eigenvalue weighted by molar-refractivity contribution is -0.145. The molecule has 0 N–H and O–H groups in total. The van der Waals surface area contributed by atoms with E-state index in [4.69, 9.17) is 18.9 Å².